The van der Waals surface area contributed by atoms with E-state index in [1.807, 2.05) is 42.5 Å². The number of rotatable bonds is 9. The number of amides is 3. The molecule has 0 spiro atoms. The molecule has 1 heterocycles. The van der Waals surface area contributed by atoms with Crippen LogP contribution in [-0.2, 0) is 19.5 Å². The maximum Gasteiger partial charge on any atom is 0.319 e. The number of anilines is 1. The van der Waals surface area contributed by atoms with Crippen molar-refractivity contribution in [1.82, 2.24) is 15.6 Å². The van der Waals surface area contributed by atoms with Gasteiger partial charge >= 0.3 is 6.03 Å². The van der Waals surface area contributed by atoms with E-state index >= 15 is 0 Å². The van der Waals surface area contributed by atoms with E-state index in [0.29, 0.717) is 24.3 Å². The highest BCUT2D eigenvalue weighted by Gasteiger charge is 2.07. The zero-order valence-electron chi connectivity index (χ0n) is 18.4. The Labute approximate surface area is 188 Å². The third-order valence-corrected chi connectivity index (χ3v) is 4.87. The van der Waals surface area contributed by atoms with Crippen LogP contribution in [0.3, 0.4) is 0 Å². The van der Waals surface area contributed by atoms with Gasteiger partial charge < -0.3 is 20.7 Å². The molecule has 0 aliphatic rings. The number of pyridine rings is 1. The zero-order valence-corrected chi connectivity index (χ0v) is 18.4. The Bertz CT molecular complexity index is 1020. The largest absolute Gasteiger partial charge is 0.497 e. The van der Waals surface area contributed by atoms with Gasteiger partial charge in [-0.15, -0.1) is 0 Å². The van der Waals surface area contributed by atoms with Gasteiger partial charge in [0.05, 0.1) is 12.7 Å². The summed E-state index contributed by atoms with van der Waals surface area (Å²) in [6.45, 7) is 2.89. The highest BCUT2D eigenvalue weighted by atomic mass is 16.5. The smallest absolute Gasteiger partial charge is 0.319 e. The van der Waals surface area contributed by atoms with Crippen molar-refractivity contribution in [2.45, 2.75) is 32.9 Å². The van der Waals surface area contributed by atoms with Gasteiger partial charge in [0, 0.05) is 30.7 Å². The first-order valence-corrected chi connectivity index (χ1v) is 10.6. The minimum Gasteiger partial charge on any atom is -0.497 e. The minimum absolute atomic E-state index is 0.166. The number of benzene rings is 2. The van der Waals surface area contributed by atoms with Gasteiger partial charge in [-0.1, -0.05) is 37.6 Å². The van der Waals surface area contributed by atoms with Crippen molar-refractivity contribution in [3.8, 4) is 5.75 Å². The molecule has 32 heavy (non-hydrogen) atoms. The number of carbonyl (C=O) groups excluding carboxylic acids is 2. The van der Waals surface area contributed by atoms with Crippen LogP contribution in [0.4, 0.5) is 10.5 Å². The highest BCUT2D eigenvalue weighted by Crippen LogP contribution is 2.12. The van der Waals surface area contributed by atoms with E-state index in [-0.39, 0.29) is 11.9 Å². The molecule has 2 aromatic carbocycles. The summed E-state index contributed by atoms with van der Waals surface area (Å²) in [4.78, 5) is 28.7. The van der Waals surface area contributed by atoms with Crippen molar-refractivity contribution in [2.75, 3.05) is 12.4 Å². The van der Waals surface area contributed by atoms with Crippen LogP contribution in [0.15, 0.2) is 66.9 Å². The second kappa shape index (κ2) is 11.5. The summed E-state index contributed by atoms with van der Waals surface area (Å²) < 4.78 is 5.12. The van der Waals surface area contributed by atoms with Gasteiger partial charge in [0.25, 0.3) is 5.91 Å². The number of carbonyl (C=O) groups is 2. The number of ether oxygens (including phenoxy) is 1. The molecule has 1 aromatic heterocycles. The first kappa shape index (κ1) is 22.8. The van der Waals surface area contributed by atoms with Crippen LogP contribution < -0.4 is 20.7 Å². The number of aryl methyl sites for hydroxylation is 1. The summed E-state index contributed by atoms with van der Waals surface area (Å²) in [6.07, 6.45) is 3.54. The van der Waals surface area contributed by atoms with E-state index in [2.05, 4.69) is 27.9 Å². The van der Waals surface area contributed by atoms with Crippen LogP contribution in [0.5, 0.6) is 5.75 Å². The van der Waals surface area contributed by atoms with E-state index in [4.69, 9.17) is 4.74 Å². The summed E-state index contributed by atoms with van der Waals surface area (Å²) in [5.74, 6) is 0.608. The summed E-state index contributed by atoms with van der Waals surface area (Å²) >= 11 is 0. The molecule has 0 unspecified atom stereocenters. The second-order valence-corrected chi connectivity index (χ2v) is 7.32. The number of methoxy groups -OCH3 is 1. The molecule has 3 amide bonds. The van der Waals surface area contributed by atoms with Crippen molar-refractivity contribution in [1.29, 1.82) is 0 Å². The quantitative estimate of drug-likeness (QED) is 0.470. The number of aromatic nitrogens is 1. The number of nitrogens with one attached hydrogen (secondary N) is 3. The molecule has 0 radical (unpaired) electrons. The zero-order chi connectivity index (χ0) is 22.8. The fraction of sp³-hybridized carbons (Fsp3) is 0.240. The summed E-state index contributed by atoms with van der Waals surface area (Å²) in [6, 6.07) is 18.2. The molecule has 0 atom stereocenters. The summed E-state index contributed by atoms with van der Waals surface area (Å²) in [7, 11) is 1.61. The van der Waals surface area contributed by atoms with Gasteiger partial charge in [-0.3, -0.25) is 9.78 Å². The van der Waals surface area contributed by atoms with Gasteiger partial charge in [-0.25, -0.2) is 4.79 Å². The van der Waals surface area contributed by atoms with Gasteiger partial charge in [0.2, 0.25) is 0 Å². The predicted molar refractivity (Wildman–Crippen MR) is 125 cm³/mol. The molecule has 166 valence electrons. The SMILES string of the molecule is CCCc1ccc(C(=O)NCc2ccc(NC(=O)NCc3ccc(OC)cc3)cc2)cn1. The normalized spacial score (nSPS) is 10.3. The second-order valence-electron chi connectivity index (χ2n) is 7.32. The summed E-state index contributed by atoms with van der Waals surface area (Å²) in [5, 5.41) is 8.50. The van der Waals surface area contributed by atoms with E-state index in [9.17, 15) is 9.59 Å². The first-order chi connectivity index (χ1) is 15.6. The van der Waals surface area contributed by atoms with Crippen LogP contribution in [0, 0.1) is 0 Å². The molecule has 3 rings (SSSR count). The molecule has 0 bridgehead atoms. The fourth-order valence-corrected chi connectivity index (χ4v) is 3.05. The van der Waals surface area contributed by atoms with E-state index < -0.39 is 0 Å². The standard InChI is InChI=1S/C25H28N4O3/c1-3-4-21-12-9-20(17-26-21)24(30)27-15-18-5-10-22(11-6-18)29-25(31)28-16-19-7-13-23(32-2)14-8-19/h5-14,17H,3-4,15-16H2,1-2H3,(H,27,30)(H2,28,29,31). The molecule has 0 fully saturated rings. The van der Waals surface area contributed by atoms with Gasteiger partial charge in [0.15, 0.2) is 0 Å². The lowest BCUT2D eigenvalue weighted by molar-refractivity contribution is 0.0950. The maximum absolute atomic E-state index is 12.3. The Balaban J connectivity index is 1.43. The lowest BCUT2D eigenvalue weighted by Crippen LogP contribution is -2.28. The molecule has 3 aromatic rings. The monoisotopic (exact) mass is 432 g/mol. The molecule has 0 aliphatic heterocycles. The van der Waals surface area contributed by atoms with Crippen LogP contribution in [-0.4, -0.2) is 24.0 Å². The van der Waals surface area contributed by atoms with Crippen LogP contribution in [0.25, 0.3) is 0 Å². The van der Waals surface area contributed by atoms with Gasteiger partial charge in [-0.05, 0) is 53.9 Å². The number of hydrogen-bond donors (Lipinski definition) is 3. The predicted octanol–water partition coefficient (Wildman–Crippen LogP) is 4.29. The fourth-order valence-electron chi connectivity index (χ4n) is 3.05. The number of nitrogens with zero attached hydrogens (tertiary/aromatic N) is 1. The average Bonchev–Trinajstić information content (AvgIpc) is 2.83. The van der Waals surface area contributed by atoms with Crippen LogP contribution in [0.2, 0.25) is 0 Å². The Morgan fingerprint density at radius 1 is 0.875 bits per heavy atom. The van der Waals surface area contributed by atoms with Crippen molar-refractivity contribution < 1.29 is 14.3 Å². The maximum atomic E-state index is 12.3. The van der Waals surface area contributed by atoms with Crippen molar-refractivity contribution >= 4 is 17.6 Å². The highest BCUT2D eigenvalue weighted by molar-refractivity contribution is 5.93. The molecule has 0 saturated heterocycles. The number of hydrogen-bond acceptors (Lipinski definition) is 4. The molecule has 0 saturated carbocycles. The topological polar surface area (TPSA) is 92.4 Å². The molecule has 0 aliphatic carbocycles. The van der Waals surface area contributed by atoms with Crippen molar-refractivity contribution in [2.24, 2.45) is 0 Å². The molecule has 7 nitrogen and oxygen atoms in total. The van der Waals surface area contributed by atoms with E-state index in [1.54, 1.807) is 31.5 Å². The third kappa shape index (κ3) is 6.84. The Kier molecular flexibility index (Phi) is 8.20. The Morgan fingerprint density at radius 3 is 2.12 bits per heavy atom. The first-order valence-electron chi connectivity index (χ1n) is 10.6. The Hall–Kier alpha value is -3.87. The lowest BCUT2D eigenvalue weighted by atomic mass is 10.1. The van der Waals surface area contributed by atoms with Crippen molar-refractivity contribution in [3.63, 3.8) is 0 Å². The molecular formula is C25H28N4O3. The van der Waals surface area contributed by atoms with E-state index in [1.165, 1.54) is 0 Å². The van der Waals surface area contributed by atoms with Gasteiger partial charge in [0.1, 0.15) is 5.75 Å². The van der Waals surface area contributed by atoms with Crippen molar-refractivity contribution in [3.05, 3.63) is 89.2 Å². The van der Waals surface area contributed by atoms with Crippen LogP contribution >= 0.6 is 0 Å². The minimum atomic E-state index is -0.291. The van der Waals surface area contributed by atoms with Gasteiger partial charge in [-0.2, -0.15) is 0 Å². The molecule has 7 heteroatoms. The third-order valence-electron chi connectivity index (χ3n) is 4.87. The summed E-state index contributed by atoms with van der Waals surface area (Å²) in [5.41, 5.74) is 4.10. The van der Waals surface area contributed by atoms with Crippen LogP contribution in [0.1, 0.15) is 40.5 Å². The molecule has 3 N–H and O–H groups in total. The average molecular weight is 433 g/mol. The lowest BCUT2D eigenvalue weighted by Gasteiger charge is -2.10. The Morgan fingerprint density at radius 2 is 1.53 bits per heavy atom. The van der Waals surface area contributed by atoms with E-state index in [0.717, 1.165) is 35.4 Å². The molecular weight excluding hydrogens is 404 g/mol. The number of urea groups is 1.